The van der Waals surface area contributed by atoms with Gasteiger partial charge in [-0.15, -0.1) is 0 Å². The molecule has 4 N–H and O–H groups in total. The minimum Gasteiger partial charge on any atom is -0.870 e. The van der Waals surface area contributed by atoms with Crippen molar-refractivity contribution in [3.05, 3.63) is 35.0 Å². The number of nitrogens with zero attached hydrogens (tertiary/aromatic N) is 2. The van der Waals surface area contributed by atoms with Crippen LogP contribution in [0.1, 0.15) is 39.4 Å². The van der Waals surface area contributed by atoms with Crippen molar-refractivity contribution in [3.8, 4) is 0 Å². The largest absolute Gasteiger partial charge is 1.00 e. The van der Waals surface area contributed by atoms with Gasteiger partial charge < -0.3 is 34.6 Å². The molecule has 0 fully saturated rings. The number of hydrogen-bond donors (Lipinski definition) is 3. The minimum atomic E-state index is -1.16. The van der Waals surface area contributed by atoms with Crippen LogP contribution in [0.2, 0.25) is 0 Å². The van der Waals surface area contributed by atoms with Crippen molar-refractivity contribution >= 4 is 11.9 Å². The third-order valence-corrected chi connectivity index (χ3v) is 2.13. The summed E-state index contributed by atoms with van der Waals surface area (Å²) in [5.74, 6) is -1.31. The van der Waals surface area contributed by atoms with Crippen molar-refractivity contribution in [2.24, 2.45) is 0 Å². The van der Waals surface area contributed by atoms with Gasteiger partial charge in [-0.25, -0.2) is 9.59 Å². The summed E-state index contributed by atoms with van der Waals surface area (Å²) in [5.41, 5.74) is -0.107. The van der Waals surface area contributed by atoms with E-state index in [1.165, 1.54) is 12.1 Å². The van der Waals surface area contributed by atoms with Gasteiger partial charge in [-0.2, -0.15) is 0 Å². The Hall–Kier alpha value is -1.76. The van der Waals surface area contributed by atoms with E-state index in [2.05, 4.69) is 24.1 Å². The first-order valence-electron chi connectivity index (χ1n) is 6.05. The summed E-state index contributed by atoms with van der Waals surface area (Å²) in [6.07, 6.45) is 0. The van der Waals surface area contributed by atoms with Gasteiger partial charge in [0.15, 0.2) is 22.9 Å². The topological polar surface area (TPSA) is 186 Å². The first kappa shape index (κ1) is 24.5. The molecule has 0 aliphatic rings. The van der Waals surface area contributed by atoms with E-state index in [-0.39, 0.29) is 71.2 Å². The molecule has 2 aromatic heterocycles. The number of carboxylic acids is 1. The molecule has 0 amide bonds. The maximum atomic E-state index is 10.9. The van der Waals surface area contributed by atoms with Gasteiger partial charge >= 0.3 is 41.5 Å². The van der Waals surface area contributed by atoms with E-state index in [1.807, 2.05) is 0 Å². The second kappa shape index (κ2) is 12.6. The number of aromatic nitrogens is 2. The van der Waals surface area contributed by atoms with Crippen LogP contribution in [0.15, 0.2) is 21.2 Å². The summed E-state index contributed by atoms with van der Waals surface area (Å²) in [7, 11) is 0. The normalized spacial score (nSPS) is 8.96. The summed E-state index contributed by atoms with van der Waals surface area (Å²) >= 11 is 0. The van der Waals surface area contributed by atoms with Gasteiger partial charge in [-0.3, -0.25) is 0 Å². The molecule has 2 aromatic rings. The standard InChI is InChI=1S/C7H9NO4.C5H5NO4.Na.H2O/c1-2-11-7(10)6-3-5(4-9)12-8-6;7-2-3-1-4(5(8)9)6-10-3;;/h3,9H,2,4H2,1H3;1,7H,2H2,(H,8,9);;1H2/q;;+1;/p-1. The molecule has 0 spiro atoms. The molecule has 2 heterocycles. The maximum absolute atomic E-state index is 10.9. The van der Waals surface area contributed by atoms with Gasteiger partial charge in [0.05, 0.1) is 6.61 Å². The predicted octanol–water partition coefficient (Wildman–Crippen LogP) is -2.96. The van der Waals surface area contributed by atoms with Crippen molar-refractivity contribution in [1.29, 1.82) is 0 Å². The SMILES string of the molecule is CCOC(=O)c1cc(CO)on1.O=C(O)c1cc(CO)on1.[Na+].[OH-]. The molecule has 0 saturated carbocycles. The van der Waals surface area contributed by atoms with Gasteiger partial charge in [-0.1, -0.05) is 10.3 Å². The summed E-state index contributed by atoms with van der Waals surface area (Å²) < 4.78 is 13.6. The molecule has 0 bridgehead atoms. The Morgan fingerprint density at radius 1 is 1.08 bits per heavy atom. The Labute approximate surface area is 157 Å². The van der Waals surface area contributed by atoms with E-state index < -0.39 is 11.9 Å². The number of carbonyl (C=O) groups excluding carboxylic acids is 1. The smallest absolute Gasteiger partial charge is 0.870 e. The van der Waals surface area contributed by atoms with Gasteiger partial charge in [0, 0.05) is 12.1 Å². The van der Waals surface area contributed by atoms with Crippen molar-refractivity contribution < 1.29 is 73.7 Å². The van der Waals surface area contributed by atoms with Crippen molar-refractivity contribution in [2.75, 3.05) is 6.61 Å². The zero-order chi connectivity index (χ0) is 16.5. The van der Waals surface area contributed by atoms with Crippen molar-refractivity contribution in [2.45, 2.75) is 20.1 Å². The Morgan fingerprint density at radius 2 is 1.54 bits per heavy atom. The molecule has 0 radical (unpaired) electrons. The van der Waals surface area contributed by atoms with E-state index in [4.69, 9.17) is 15.3 Å². The third-order valence-electron chi connectivity index (χ3n) is 2.13. The fraction of sp³-hybridized carbons (Fsp3) is 0.333. The predicted molar refractivity (Wildman–Crippen MR) is 69.7 cm³/mol. The molecule has 0 aromatic carbocycles. The van der Waals surface area contributed by atoms with Crippen LogP contribution in [0, 0.1) is 0 Å². The molecule has 0 unspecified atom stereocenters. The number of rotatable bonds is 5. The molecule has 0 atom stereocenters. The molecule has 0 saturated heterocycles. The average Bonchev–Trinajstić information content (AvgIpc) is 3.17. The van der Waals surface area contributed by atoms with Gasteiger partial charge in [0.1, 0.15) is 13.2 Å². The fourth-order valence-electron chi connectivity index (χ4n) is 1.18. The quantitative estimate of drug-likeness (QED) is 0.367. The zero-order valence-electron chi connectivity index (χ0n) is 13.0. The third kappa shape index (κ3) is 7.68. The van der Waals surface area contributed by atoms with Gasteiger partial charge in [0.25, 0.3) is 0 Å². The van der Waals surface area contributed by atoms with Crippen LogP contribution in [0.3, 0.4) is 0 Å². The molecular weight excluding hydrogens is 339 g/mol. The molecule has 11 nitrogen and oxygen atoms in total. The Balaban J connectivity index is 0. The average molecular weight is 354 g/mol. The number of aromatic carboxylic acids is 1. The molecule has 2 rings (SSSR count). The van der Waals surface area contributed by atoms with E-state index >= 15 is 0 Å². The monoisotopic (exact) mass is 354 g/mol. The number of aliphatic hydroxyl groups is 2. The molecule has 0 aliphatic heterocycles. The molecule has 12 heteroatoms. The van der Waals surface area contributed by atoms with Gasteiger partial charge in [0.2, 0.25) is 0 Å². The van der Waals surface area contributed by atoms with Crippen LogP contribution >= 0.6 is 0 Å². The summed E-state index contributed by atoms with van der Waals surface area (Å²) in [6, 6.07) is 2.51. The summed E-state index contributed by atoms with van der Waals surface area (Å²) in [5, 5.41) is 31.8. The molecule has 0 aliphatic carbocycles. The van der Waals surface area contributed by atoms with Crippen LogP contribution in [0.5, 0.6) is 0 Å². The fourth-order valence-corrected chi connectivity index (χ4v) is 1.18. The Kier molecular flexibility index (Phi) is 12.9. The van der Waals surface area contributed by atoms with Crippen LogP contribution in [-0.2, 0) is 18.0 Å². The van der Waals surface area contributed by atoms with Crippen LogP contribution < -0.4 is 29.6 Å². The number of aliphatic hydroxyl groups excluding tert-OH is 2. The van der Waals surface area contributed by atoms with Crippen LogP contribution in [0.4, 0.5) is 0 Å². The number of carboxylic acid groups (broad SMARTS) is 1. The Morgan fingerprint density at radius 3 is 1.88 bits per heavy atom. The first-order valence-corrected chi connectivity index (χ1v) is 6.05. The second-order valence-corrected chi connectivity index (χ2v) is 3.70. The summed E-state index contributed by atoms with van der Waals surface area (Å²) in [4.78, 5) is 21.1. The number of carbonyl (C=O) groups is 2. The van der Waals surface area contributed by atoms with Crippen LogP contribution in [-0.4, -0.2) is 49.7 Å². The van der Waals surface area contributed by atoms with E-state index in [0.29, 0.717) is 6.61 Å². The number of esters is 1. The van der Waals surface area contributed by atoms with E-state index in [1.54, 1.807) is 6.92 Å². The van der Waals surface area contributed by atoms with Crippen LogP contribution in [0.25, 0.3) is 0 Å². The molecular formula is C12H15N2NaO9. The molecule has 128 valence electrons. The first-order chi connectivity index (χ1) is 10.5. The number of ether oxygens (including phenoxy) is 1. The zero-order valence-corrected chi connectivity index (χ0v) is 15.0. The van der Waals surface area contributed by atoms with Gasteiger partial charge in [-0.05, 0) is 6.92 Å². The van der Waals surface area contributed by atoms with Crippen molar-refractivity contribution in [1.82, 2.24) is 10.3 Å². The Bertz CT molecular complexity index is 626. The number of hydrogen-bond acceptors (Lipinski definition) is 10. The van der Waals surface area contributed by atoms with E-state index in [9.17, 15) is 9.59 Å². The second-order valence-electron chi connectivity index (χ2n) is 3.70. The minimum absolute atomic E-state index is 0. The maximum Gasteiger partial charge on any atom is 1.00 e. The van der Waals surface area contributed by atoms with E-state index in [0.717, 1.165) is 0 Å². The molecule has 24 heavy (non-hydrogen) atoms. The summed E-state index contributed by atoms with van der Waals surface area (Å²) in [6.45, 7) is 1.39. The van der Waals surface area contributed by atoms with Crippen molar-refractivity contribution in [3.63, 3.8) is 0 Å².